The van der Waals surface area contributed by atoms with Gasteiger partial charge in [0.25, 0.3) is 11.8 Å². The Morgan fingerprint density at radius 1 is 1.04 bits per heavy atom. The molecule has 0 spiro atoms. The Labute approximate surface area is 151 Å². The highest BCUT2D eigenvalue weighted by Gasteiger charge is 2.38. The predicted molar refractivity (Wildman–Crippen MR) is 93.8 cm³/mol. The van der Waals surface area contributed by atoms with Gasteiger partial charge in [-0.25, -0.2) is 0 Å². The van der Waals surface area contributed by atoms with Gasteiger partial charge in [-0.15, -0.1) is 0 Å². The molecule has 0 saturated carbocycles. The zero-order chi connectivity index (χ0) is 18.3. The van der Waals surface area contributed by atoms with Crippen molar-refractivity contribution >= 4 is 17.7 Å². The maximum Gasteiger partial charge on any atom is 0.262 e. The fourth-order valence-corrected chi connectivity index (χ4v) is 3.36. The summed E-state index contributed by atoms with van der Waals surface area (Å²) in [7, 11) is 0. The molecule has 2 heterocycles. The second kappa shape index (κ2) is 6.29. The van der Waals surface area contributed by atoms with Gasteiger partial charge in [0.1, 0.15) is 18.9 Å². The molecule has 2 aromatic carbocycles. The molecule has 132 valence electrons. The molecule has 0 N–H and O–H groups in total. The van der Waals surface area contributed by atoms with E-state index < -0.39 is 11.8 Å². The average Bonchev–Trinajstić information content (AvgIpc) is 2.80. The highest BCUT2D eigenvalue weighted by atomic mass is 16.5. The summed E-state index contributed by atoms with van der Waals surface area (Å²) in [6, 6.07) is 14.0. The van der Waals surface area contributed by atoms with E-state index in [1.807, 2.05) is 31.2 Å². The van der Waals surface area contributed by atoms with Crippen LogP contribution in [0.2, 0.25) is 0 Å². The third kappa shape index (κ3) is 2.63. The molecular weight excluding hydrogens is 332 g/mol. The minimum absolute atomic E-state index is 0.162. The summed E-state index contributed by atoms with van der Waals surface area (Å²) in [6.45, 7) is 2.38. The first-order valence-electron chi connectivity index (χ1n) is 8.51. The average molecular weight is 350 g/mol. The van der Waals surface area contributed by atoms with Crippen LogP contribution < -0.4 is 4.74 Å². The quantitative estimate of drug-likeness (QED) is 0.778. The van der Waals surface area contributed by atoms with Crippen molar-refractivity contribution in [1.29, 1.82) is 0 Å². The fourth-order valence-electron chi connectivity index (χ4n) is 3.36. The van der Waals surface area contributed by atoms with Crippen molar-refractivity contribution < 1.29 is 19.1 Å². The monoisotopic (exact) mass is 350 g/mol. The van der Waals surface area contributed by atoms with Crippen molar-refractivity contribution in [2.75, 3.05) is 13.2 Å². The number of carbonyl (C=O) groups is 3. The molecule has 26 heavy (non-hydrogen) atoms. The lowest BCUT2D eigenvalue weighted by Crippen LogP contribution is -2.46. The van der Waals surface area contributed by atoms with Gasteiger partial charge < -0.3 is 9.64 Å². The number of nitrogens with zero attached hydrogens (tertiary/aromatic N) is 2. The zero-order valence-corrected chi connectivity index (χ0v) is 14.3. The van der Waals surface area contributed by atoms with Gasteiger partial charge in [0.05, 0.1) is 17.2 Å². The summed E-state index contributed by atoms with van der Waals surface area (Å²) in [5.41, 5.74) is 1.61. The first kappa shape index (κ1) is 16.3. The number of carbonyl (C=O) groups excluding carboxylic acids is 3. The van der Waals surface area contributed by atoms with Crippen LogP contribution in [-0.4, -0.2) is 46.7 Å². The summed E-state index contributed by atoms with van der Waals surface area (Å²) in [6.07, 6.45) is 0. The Morgan fingerprint density at radius 3 is 2.35 bits per heavy atom. The van der Waals surface area contributed by atoms with Crippen LogP contribution in [0.5, 0.6) is 5.75 Å². The Kier molecular flexibility index (Phi) is 3.95. The molecule has 6 nitrogen and oxygen atoms in total. The molecule has 0 aliphatic carbocycles. The Balaban J connectivity index is 1.55. The third-order valence-electron chi connectivity index (χ3n) is 4.82. The Hall–Kier alpha value is -3.15. The highest BCUT2D eigenvalue weighted by molar-refractivity contribution is 6.22. The normalized spacial score (nSPS) is 18.9. The Morgan fingerprint density at radius 2 is 1.65 bits per heavy atom. The summed E-state index contributed by atoms with van der Waals surface area (Å²) in [5.74, 6) is -0.348. The van der Waals surface area contributed by atoms with Crippen LogP contribution in [0.4, 0.5) is 0 Å². The topological polar surface area (TPSA) is 66.9 Å². The second-order valence-electron chi connectivity index (χ2n) is 6.53. The molecule has 1 atom stereocenters. The molecule has 0 aromatic heterocycles. The number of fused-ring (bicyclic) bond motifs is 2. The van der Waals surface area contributed by atoms with Crippen LogP contribution in [-0.2, 0) is 11.3 Å². The first-order chi connectivity index (χ1) is 12.6. The lowest BCUT2D eigenvalue weighted by Gasteiger charge is -2.28. The summed E-state index contributed by atoms with van der Waals surface area (Å²) in [4.78, 5) is 40.5. The fraction of sp³-hybridized carbons (Fsp3) is 0.250. The molecule has 2 aromatic rings. The van der Waals surface area contributed by atoms with Crippen molar-refractivity contribution in [2.24, 2.45) is 0 Å². The number of benzene rings is 2. The summed E-state index contributed by atoms with van der Waals surface area (Å²) < 4.78 is 5.76. The number of amides is 3. The maximum absolute atomic E-state index is 12.9. The lowest BCUT2D eigenvalue weighted by atomic mass is 10.1. The summed E-state index contributed by atoms with van der Waals surface area (Å²) >= 11 is 0. The van der Waals surface area contributed by atoms with E-state index in [0.29, 0.717) is 24.3 Å². The van der Waals surface area contributed by atoms with Crippen LogP contribution in [0, 0.1) is 0 Å². The largest absolute Gasteiger partial charge is 0.491 e. The number of para-hydroxylation sites is 1. The van der Waals surface area contributed by atoms with Crippen molar-refractivity contribution in [3.05, 3.63) is 65.2 Å². The van der Waals surface area contributed by atoms with Gasteiger partial charge in [-0.1, -0.05) is 30.3 Å². The minimum atomic E-state index is -0.418. The maximum atomic E-state index is 12.9. The van der Waals surface area contributed by atoms with Gasteiger partial charge in [0.2, 0.25) is 5.91 Å². The van der Waals surface area contributed by atoms with Gasteiger partial charge >= 0.3 is 0 Å². The van der Waals surface area contributed by atoms with E-state index >= 15 is 0 Å². The standard InChI is InChI=1S/C20H18N2O4/c1-13-12-26-17-9-5-2-6-14(17)10-21(13)18(23)11-22-19(24)15-7-3-4-8-16(15)20(22)25/h2-9,13H,10-12H2,1H3. The van der Waals surface area contributed by atoms with Crippen LogP contribution >= 0.6 is 0 Å². The smallest absolute Gasteiger partial charge is 0.262 e. The Bertz CT molecular complexity index is 873. The predicted octanol–water partition coefficient (Wildman–Crippen LogP) is 2.09. The molecule has 3 amide bonds. The molecular formula is C20H18N2O4. The molecule has 0 bridgehead atoms. The van der Waals surface area contributed by atoms with Gasteiger partial charge in [-0.05, 0) is 25.1 Å². The van der Waals surface area contributed by atoms with Gasteiger partial charge in [0.15, 0.2) is 0 Å². The van der Waals surface area contributed by atoms with E-state index in [9.17, 15) is 14.4 Å². The molecule has 2 aliphatic heterocycles. The number of rotatable bonds is 2. The number of hydrogen-bond donors (Lipinski definition) is 0. The van der Waals surface area contributed by atoms with E-state index in [1.54, 1.807) is 29.2 Å². The molecule has 4 rings (SSSR count). The van der Waals surface area contributed by atoms with E-state index in [0.717, 1.165) is 16.2 Å². The number of hydrogen-bond acceptors (Lipinski definition) is 4. The first-order valence-corrected chi connectivity index (χ1v) is 8.51. The van der Waals surface area contributed by atoms with Gasteiger partial charge in [0, 0.05) is 12.1 Å². The van der Waals surface area contributed by atoms with Crippen molar-refractivity contribution in [3.8, 4) is 5.75 Å². The van der Waals surface area contributed by atoms with Crippen molar-refractivity contribution in [3.63, 3.8) is 0 Å². The van der Waals surface area contributed by atoms with Gasteiger partial charge in [-0.3, -0.25) is 19.3 Å². The second-order valence-corrected chi connectivity index (χ2v) is 6.53. The summed E-state index contributed by atoms with van der Waals surface area (Å²) in [5, 5.41) is 0. The molecule has 0 radical (unpaired) electrons. The zero-order valence-electron chi connectivity index (χ0n) is 14.3. The SMILES string of the molecule is CC1COc2ccccc2CN1C(=O)CN1C(=O)c2ccccc2C1=O. The van der Waals surface area contributed by atoms with Crippen LogP contribution in [0.25, 0.3) is 0 Å². The van der Waals surface area contributed by atoms with E-state index in [2.05, 4.69) is 0 Å². The van der Waals surface area contributed by atoms with Crippen molar-refractivity contribution in [2.45, 2.75) is 19.5 Å². The lowest BCUT2D eigenvalue weighted by molar-refractivity contribution is -0.134. The van der Waals surface area contributed by atoms with E-state index in [1.165, 1.54) is 0 Å². The van der Waals surface area contributed by atoms with Crippen LogP contribution in [0.1, 0.15) is 33.2 Å². The van der Waals surface area contributed by atoms with Gasteiger partial charge in [-0.2, -0.15) is 0 Å². The number of ether oxygens (including phenoxy) is 1. The number of imide groups is 1. The molecule has 1 unspecified atom stereocenters. The molecule has 2 aliphatic rings. The van der Waals surface area contributed by atoms with Crippen LogP contribution in [0.15, 0.2) is 48.5 Å². The van der Waals surface area contributed by atoms with E-state index in [4.69, 9.17) is 4.74 Å². The third-order valence-corrected chi connectivity index (χ3v) is 4.82. The van der Waals surface area contributed by atoms with Crippen LogP contribution in [0.3, 0.4) is 0 Å². The minimum Gasteiger partial charge on any atom is -0.491 e. The van der Waals surface area contributed by atoms with E-state index in [-0.39, 0.29) is 18.5 Å². The molecule has 0 saturated heterocycles. The molecule has 6 heteroatoms. The van der Waals surface area contributed by atoms with Crippen molar-refractivity contribution in [1.82, 2.24) is 9.80 Å². The highest BCUT2D eigenvalue weighted by Crippen LogP contribution is 2.26. The molecule has 0 fully saturated rings.